The third-order valence-corrected chi connectivity index (χ3v) is 6.49. The molecule has 2 heterocycles. The van der Waals surface area contributed by atoms with Gasteiger partial charge in [-0.1, -0.05) is 32.0 Å². The van der Waals surface area contributed by atoms with E-state index in [0.717, 1.165) is 23.0 Å². The first kappa shape index (κ1) is 26.5. The Bertz CT molecular complexity index is 1250. The highest BCUT2D eigenvalue weighted by Crippen LogP contribution is 2.43. The summed E-state index contributed by atoms with van der Waals surface area (Å²) in [5.74, 6) is 0.0459. The first-order valence-corrected chi connectivity index (χ1v) is 12.7. The van der Waals surface area contributed by atoms with Crippen LogP contribution in [0.2, 0.25) is 0 Å². The van der Waals surface area contributed by atoms with E-state index in [4.69, 9.17) is 23.9 Å². The average molecular weight is 510 g/mol. The molecule has 198 valence electrons. The van der Waals surface area contributed by atoms with E-state index in [1.54, 1.807) is 21.1 Å². The summed E-state index contributed by atoms with van der Waals surface area (Å²) in [6.45, 7) is 7.29. The second-order valence-corrected chi connectivity index (χ2v) is 9.37. The van der Waals surface area contributed by atoms with Crippen molar-refractivity contribution in [2.45, 2.75) is 33.2 Å². The number of carbonyl (C=O) groups excluding carboxylic acids is 2. The average Bonchev–Trinajstić information content (AvgIpc) is 3.26. The Morgan fingerprint density at radius 1 is 1.08 bits per heavy atom. The van der Waals surface area contributed by atoms with Crippen LogP contribution in [0.1, 0.15) is 38.8 Å². The van der Waals surface area contributed by atoms with Crippen molar-refractivity contribution in [3.05, 3.63) is 48.0 Å². The summed E-state index contributed by atoms with van der Waals surface area (Å²) < 4.78 is 24.2. The molecule has 1 aliphatic heterocycles. The number of amides is 1. The molecule has 0 saturated heterocycles. The second-order valence-electron chi connectivity index (χ2n) is 9.37. The highest BCUT2D eigenvalue weighted by Gasteiger charge is 2.48. The minimum atomic E-state index is -1.11. The Hall–Kier alpha value is -3.59. The van der Waals surface area contributed by atoms with Crippen molar-refractivity contribution >= 4 is 28.9 Å². The van der Waals surface area contributed by atoms with Crippen LogP contribution in [0.5, 0.6) is 11.5 Å². The number of fused-ring (bicyclic) bond motifs is 3. The van der Waals surface area contributed by atoms with Gasteiger partial charge in [0.15, 0.2) is 17.4 Å². The molecule has 9 nitrogen and oxygen atoms in total. The smallest absolute Gasteiger partial charge is 0.321 e. The monoisotopic (exact) mass is 509 g/mol. The summed E-state index contributed by atoms with van der Waals surface area (Å²) in [7, 11) is 3.15. The number of para-hydroxylation sites is 2. The molecule has 2 unspecified atom stereocenters. The summed E-state index contributed by atoms with van der Waals surface area (Å²) in [4.78, 5) is 33.5. The number of benzene rings is 2. The molecule has 2 aromatic carbocycles. The minimum Gasteiger partial charge on any atom is -0.493 e. The number of imidazole rings is 1. The van der Waals surface area contributed by atoms with Crippen molar-refractivity contribution in [2.24, 2.45) is 11.8 Å². The molecule has 3 aromatic rings. The van der Waals surface area contributed by atoms with Crippen LogP contribution >= 0.6 is 0 Å². The zero-order valence-corrected chi connectivity index (χ0v) is 22.1. The Kier molecular flexibility index (Phi) is 8.33. The number of ether oxygens (including phenoxy) is 4. The molecular weight excluding hydrogens is 474 g/mol. The first-order valence-electron chi connectivity index (χ1n) is 12.7. The van der Waals surface area contributed by atoms with Gasteiger partial charge in [-0.25, -0.2) is 4.98 Å². The van der Waals surface area contributed by atoms with Crippen molar-refractivity contribution in [3.63, 3.8) is 0 Å². The van der Waals surface area contributed by atoms with Crippen LogP contribution in [-0.2, 0) is 19.1 Å². The SMILES string of the molecule is CCOC(=O)C1C(=O)N(CCOC)c2nc3ccccc3n2C1c1ccc(OCCC(C)C)c(OC)c1. The summed E-state index contributed by atoms with van der Waals surface area (Å²) >= 11 is 0. The predicted molar refractivity (Wildman–Crippen MR) is 140 cm³/mol. The zero-order chi connectivity index (χ0) is 26.5. The third-order valence-electron chi connectivity index (χ3n) is 6.49. The molecule has 37 heavy (non-hydrogen) atoms. The molecule has 0 radical (unpaired) electrons. The molecule has 0 spiro atoms. The number of rotatable bonds is 11. The Labute approximate surface area is 217 Å². The molecule has 9 heteroatoms. The van der Waals surface area contributed by atoms with Crippen LogP contribution < -0.4 is 14.4 Å². The number of hydrogen-bond acceptors (Lipinski definition) is 7. The molecule has 0 bridgehead atoms. The van der Waals surface area contributed by atoms with Crippen molar-refractivity contribution in [1.29, 1.82) is 0 Å². The molecule has 4 rings (SSSR count). The van der Waals surface area contributed by atoms with E-state index < -0.39 is 17.9 Å². The fourth-order valence-corrected chi connectivity index (χ4v) is 4.63. The van der Waals surface area contributed by atoms with E-state index in [2.05, 4.69) is 13.8 Å². The lowest BCUT2D eigenvalue weighted by Gasteiger charge is -2.38. The van der Waals surface area contributed by atoms with E-state index in [1.807, 2.05) is 47.0 Å². The molecule has 0 aliphatic carbocycles. The lowest BCUT2D eigenvalue weighted by Crippen LogP contribution is -2.51. The first-order chi connectivity index (χ1) is 17.9. The van der Waals surface area contributed by atoms with Crippen molar-refractivity contribution < 1.29 is 28.5 Å². The van der Waals surface area contributed by atoms with Gasteiger partial charge in [0.2, 0.25) is 11.9 Å². The molecule has 1 amide bonds. The van der Waals surface area contributed by atoms with E-state index in [0.29, 0.717) is 36.6 Å². The number of methoxy groups -OCH3 is 2. The van der Waals surface area contributed by atoms with Gasteiger partial charge in [0.05, 0.1) is 50.6 Å². The van der Waals surface area contributed by atoms with Crippen LogP contribution in [0.15, 0.2) is 42.5 Å². The molecule has 1 aliphatic rings. The fourth-order valence-electron chi connectivity index (χ4n) is 4.63. The number of hydrogen-bond donors (Lipinski definition) is 0. The molecule has 0 N–H and O–H groups in total. The second kappa shape index (κ2) is 11.6. The van der Waals surface area contributed by atoms with Crippen molar-refractivity contribution in [2.75, 3.05) is 45.5 Å². The van der Waals surface area contributed by atoms with Crippen LogP contribution in [0.3, 0.4) is 0 Å². The maximum atomic E-state index is 13.9. The third kappa shape index (κ3) is 5.27. The quantitative estimate of drug-likeness (QED) is 0.282. The zero-order valence-electron chi connectivity index (χ0n) is 22.1. The molecule has 1 aromatic heterocycles. The molecular formula is C28H35N3O6. The summed E-state index contributed by atoms with van der Waals surface area (Å²) in [5, 5.41) is 0. The van der Waals surface area contributed by atoms with Crippen molar-refractivity contribution in [1.82, 2.24) is 9.55 Å². The topological polar surface area (TPSA) is 92.1 Å². The van der Waals surface area contributed by atoms with Gasteiger partial charge in [0.25, 0.3) is 0 Å². The highest BCUT2D eigenvalue weighted by atomic mass is 16.5. The van der Waals surface area contributed by atoms with Crippen molar-refractivity contribution in [3.8, 4) is 11.5 Å². The highest BCUT2D eigenvalue weighted by molar-refractivity contribution is 6.08. The Balaban J connectivity index is 1.87. The van der Waals surface area contributed by atoms with Gasteiger partial charge in [-0.05, 0) is 49.1 Å². The largest absolute Gasteiger partial charge is 0.493 e. The van der Waals surface area contributed by atoms with E-state index in [9.17, 15) is 9.59 Å². The summed E-state index contributed by atoms with van der Waals surface area (Å²) in [5.41, 5.74) is 2.25. The number of carbonyl (C=O) groups is 2. The molecule has 2 atom stereocenters. The van der Waals surface area contributed by atoms with E-state index in [1.165, 1.54) is 4.90 Å². The van der Waals surface area contributed by atoms with Gasteiger partial charge >= 0.3 is 5.97 Å². The number of nitrogens with zero attached hydrogens (tertiary/aromatic N) is 3. The van der Waals surface area contributed by atoms with Gasteiger partial charge < -0.3 is 23.5 Å². The van der Waals surface area contributed by atoms with Crippen LogP contribution in [-0.4, -0.2) is 62.0 Å². The van der Waals surface area contributed by atoms with Gasteiger partial charge in [0.1, 0.15) is 0 Å². The van der Waals surface area contributed by atoms with Gasteiger partial charge in [-0.2, -0.15) is 0 Å². The number of anilines is 1. The van der Waals surface area contributed by atoms with Crippen LogP contribution in [0, 0.1) is 11.8 Å². The van der Waals surface area contributed by atoms with Gasteiger partial charge in [-0.15, -0.1) is 0 Å². The lowest BCUT2D eigenvalue weighted by atomic mass is 9.89. The van der Waals surface area contributed by atoms with E-state index in [-0.39, 0.29) is 19.1 Å². The van der Waals surface area contributed by atoms with E-state index >= 15 is 0 Å². The van der Waals surface area contributed by atoms with Crippen LogP contribution in [0.25, 0.3) is 11.0 Å². The standard InChI is InChI=1S/C28H35N3O6/c1-6-36-27(33)24-25(19-11-12-22(23(17-19)35-5)37-15-13-18(2)3)31-21-10-8-7-9-20(21)29-28(31)30(26(24)32)14-16-34-4/h7-12,17-18,24-25H,6,13-16H2,1-5H3. The summed E-state index contributed by atoms with van der Waals surface area (Å²) in [6.07, 6.45) is 0.911. The maximum Gasteiger partial charge on any atom is 0.321 e. The Morgan fingerprint density at radius 3 is 2.57 bits per heavy atom. The molecule has 0 saturated carbocycles. The van der Waals surface area contributed by atoms with Gasteiger partial charge in [0, 0.05) is 7.11 Å². The minimum absolute atomic E-state index is 0.164. The van der Waals surface area contributed by atoms with Crippen LogP contribution in [0.4, 0.5) is 5.95 Å². The Morgan fingerprint density at radius 2 is 1.86 bits per heavy atom. The fraction of sp³-hybridized carbons (Fsp3) is 0.464. The maximum absolute atomic E-state index is 13.9. The summed E-state index contributed by atoms with van der Waals surface area (Å²) in [6, 6.07) is 12.5. The van der Waals surface area contributed by atoms with Gasteiger partial charge in [-0.3, -0.25) is 14.5 Å². The number of esters is 1. The normalized spacial score (nSPS) is 17.2. The predicted octanol–water partition coefficient (Wildman–Crippen LogP) is 4.23. The molecule has 0 fully saturated rings. The lowest BCUT2D eigenvalue weighted by molar-refractivity contribution is -0.153. The number of aromatic nitrogens is 2.